The maximum atomic E-state index is 12.0. The molecule has 5 nitrogen and oxygen atoms in total. The van der Waals surface area contributed by atoms with Crippen molar-refractivity contribution in [3.8, 4) is 0 Å². The minimum absolute atomic E-state index is 0.131. The van der Waals surface area contributed by atoms with Crippen molar-refractivity contribution in [1.29, 1.82) is 0 Å². The van der Waals surface area contributed by atoms with Gasteiger partial charge in [0.2, 0.25) is 0 Å². The molecule has 0 saturated heterocycles. The quantitative estimate of drug-likeness (QED) is 0.808. The number of hydrogen-bond donors (Lipinski definition) is 2. The summed E-state index contributed by atoms with van der Waals surface area (Å²) in [5, 5.41) is 6.23. The lowest BCUT2D eigenvalue weighted by atomic mass is 10.2. The summed E-state index contributed by atoms with van der Waals surface area (Å²) < 4.78 is 0. The van der Waals surface area contributed by atoms with Crippen molar-refractivity contribution in [2.24, 2.45) is 0 Å². The minimum atomic E-state index is -0.131. The van der Waals surface area contributed by atoms with Crippen molar-refractivity contribution in [1.82, 2.24) is 15.2 Å². The molecule has 2 N–H and O–H groups in total. The summed E-state index contributed by atoms with van der Waals surface area (Å²) in [6.45, 7) is 4.72. The summed E-state index contributed by atoms with van der Waals surface area (Å²) in [4.78, 5) is 18.5. The number of halogens is 1. The molecule has 0 atom stereocenters. The maximum absolute atomic E-state index is 12.0. The number of amides is 1. The lowest BCUT2D eigenvalue weighted by Crippen LogP contribution is -2.36. The van der Waals surface area contributed by atoms with Gasteiger partial charge in [-0.3, -0.25) is 9.69 Å². The molecule has 2 rings (SSSR count). The average molecular weight is 297 g/mol. The van der Waals surface area contributed by atoms with Crippen LogP contribution in [0.15, 0.2) is 12.3 Å². The molecule has 0 aliphatic heterocycles. The predicted octanol–water partition coefficient (Wildman–Crippen LogP) is 1.99. The van der Waals surface area contributed by atoms with Gasteiger partial charge in [-0.2, -0.15) is 0 Å². The van der Waals surface area contributed by atoms with Gasteiger partial charge in [-0.25, -0.2) is 4.98 Å². The second kappa shape index (κ2) is 6.90. The molecule has 1 aliphatic carbocycles. The van der Waals surface area contributed by atoms with E-state index in [9.17, 15) is 4.79 Å². The Kier molecular flexibility index (Phi) is 5.20. The molecule has 0 aromatic carbocycles. The van der Waals surface area contributed by atoms with Crippen molar-refractivity contribution < 1.29 is 4.79 Å². The van der Waals surface area contributed by atoms with E-state index in [1.807, 2.05) is 0 Å². The van der Waals surface area contributed by atoms with Gasteiger partial charge in [-0.05, 0) is 25.5 Å². The number of carbonyl (C=O) groups is 1. The number of likely N-dealkylation sites (N-methyl/N-ethyl adjacent to an activating group) is 1. The summed E-state index contributed by atoms with van der Waals surface area (Å²) in [6, 6.07) is 2.36. The normalized spacial score (nSPS) is 14.4. The number of carbonyl (C=O) groups excluding carboxylic acids is 1. The Morgan fingerprint density at radius 2 is 2.30 bits per heavy atom. The van der Waals surface area contributed by atoms with Crippen LogP contribution in [0.1, 0.15) is 30.1 Å². The van der Waals surface area contributed by atoms with Gasteiger partial charge in [0.25, 0.3) is 5.91 Å². The smallest absolute Gasteiger partial charge is 0.252 e. The number of pyridine rings is 1. The van der Waals surface area contributed by atoms with Crippen LogP contribution in [0.3, 0.4) is 0 Å². The predicted molar refractivity (Wildman–Crippen MR) is 81.4 cm³/mol. The third-order valence-corrected chi connectivity index (χ3v) is 3.78. The van der Waals surface area contributed by atoms with Crippen LogP contribution < -0.4 is 10.6 Å². The molecule has 20 heavy (non-hydrogen) atoms. The summed E-state index contributed by atoms with van der Waals surface area (Å²) in [5.74, 6) is 0.447. The van der Waals surface area contributed by atoms with Crippen molar-refractivity contribution in [3.05, 3.63) is 22.8 Å². The Bertz CT molecular complexity index is 476. The number of nitrogens with zero attached hydrogens (tertiary/aromatic N) is 2. The van der Waals surface area contributed by atoms with Crippen LogP contribution in [0, 0.1) is 0 Å². The van der Waals surface area contributed by atoms with E-state index in [1.54, 1.807) is 13.1 Å². The topological polar surface area (TPSA) is 57.3 Å². The van der Waals surface area contributed by atoms with E-state index in [2.05, 4.69) is 27.4 Å². The molecule has 1 aromatic rings. The third kappa shape index (κ3) is 3.84. The van der Waals surface area contributed by atoms with E-state index >= 15 is 0 Å². The number of nitrogens with one attached hydrogen (secondary N) is 2. The van der Waals surface area contributed by atoms with E-state index < -0.39 is 0 Å². The summed E-state index contributed by atoms with van der Waals surface area (Å²) in [6.07, 6.45) is 4.10. The van der Waals surface area contributed by atoms with Crippen molar-refractivity contribution >= 4 is 23.3 Å². The van der Waals surface area contributed by atoms with Crippen LogP contribution in [0.5, 0.6) is 0 Å². The Balaban J connectivity index is 1.83. The molecular weight excluding hydrogens is 276 g/mol. The van der Waals surface area contributed by atoms with Crippen LogP contribution in [0.4, 0.5) is 5.82 Å². The number of rotatable bonds is 7. The first kappa shape index (κ1) is 15.1. The van der Waals surface area contributed by atoms with Gasteiger partial charge < -0.3 is 10.6 Å². The van der Waals surface area contributed by atoms with Crippen LogP contribution in [-0.4, -0.2) is 48.5 Å². The average Bonchev–Trinajstić information content (AvgIpc) is 3.27. The molecule has 0 unspecified atom stereocenters. The molecule has 6 heteroatoms. The molecule has 1 fully saturated rings. The van der Waals surface area contributed by atoms with Crippen LogP contribution in [0.25, 0.3) is 0 Å². The standard InChI is InChI=1S/C14H21ClN4O/c1-3-19(11-4-5-11)7-6-17-14(20)10-8-12(15)13(16-2)18-9-10/h8-9,11H,3-7H2,1-2H3,(H,16,18)(H,17,20). The number of hydrogen-bond acceptors (Lipinski definition) is 4. The van der Waals surface area contributed by atoms with Crippen molar-refractivity contribution in [2.75, 3.05) is 32.0 Å². The van der Waals surface area contributed by atoms with Gasteiger partial charge in [-0.1, -0.05) is 18.5 Å². The molecule has 1 aliphatic rings. The summed E-state index contributed by atoms with van der Waals surface area (Å²) in [5.41, 5.74) is 0.489. The highest BCUT2D eigenvalue weighted by molar-refractivity contribution is 6.33. The molecule has 1 aromatic heterocycles. The number of aromatic nitrogens is 1. The first-order valence-electron chi connectivity index (χ1n) is 7.01. The Morgan fingerprint density at radius 3 is 2.85 bits per heavy atom. The van der Waals surface area contributed by atoms with E-state index in [1.165, 1.54) is 19.0 Å². The monoisotopic (exact) mass is 296 g/mol. The third-order valence-electron chi connectivity index (χ3n) is 3.49. The number of anilines is 1. The lowest BCUT2D eigenvalue weighted by Gasteiger charge is -2.19. The Morgan fingerprint density at radius 1 is 1.55 bits per heavy atom. The Hall–Kier alpha value is -1.33. The van der Waals surface area contributed by atoms with Crippen LogP contribution in [-0.2, 0) is 0 Å². The highest BCUT2D eigenvalue weighted by Crippen LogP contribution is 2.25. The van der Waals surface area contributed by atoms with Crippen LogP contribution in [0.2, 0.25) is 5.02 Å². The second-order valence-electron chi connectivity index (χ2n) is 4.92. The molecular formula is C14H21ClN4O. The highest BCUT2D eigenvalue weighted by atomic mass is 35.5. The first-order valence-corrected chi connectivity index (χ1v) is 7.39. The van der Waals surface area contributed by atoms with Gasteiger partial charge in [0, 0.05) is 32.4 Å². The zero-order valence-electron chi connectivity index (χ0n) is 11.9. The highest BCUT2D eigenvalue weighted by Gasteiger charge is 2.27. The van der Waals surface area contributed by atoms with Crippen LogP contribution >= 0.6 is 11.6 Å². The maximum Gasteiger partial charge on any atom is 0.252 e. The van der Waals surface area contributed by atoms with Crippen molar-refractivity contribution in [2.45, 2.75) is 25.8 Å². The molecule has 110 valence electrons. The fraction of sp³-hybridized carbons (Fsp3) is 0.571. The summed E-state index contributed by atoms with van der Waals surface area (Å²) in [7, 11) is 1.74. The van der Waals surface area contributed by atoms with Crippen molar-refractivity contribution in [3.63, 3.8) is 0 Å². The van der Waals surface area contributed by atoms with Gasteiger partial charge in [-0.15, -0.1) is 0 Å². The molecule has 1 saturated carbocycles. The zero-order valence-corrected chi connectivity index (χ0v) is 12.7. The van der Waals surface area contributed by atoms with Gasteiger partial charge >= 0.3 is 0 Å². The van der Waals surface area contributed by atoms with Gasteiger partial charge in [0.15, 0.2) is 0 Å². The summed E-state index contributed by atoms with van der Waals surface area (Å²) >= 11 is 6.02. The fourth-order valence-electron chi connectivity index (χ4n) is 2.20. The molecule has 0 bridgehead atoms. The minimum Gasteiger partial charge on any atom is -0.372 e. The van der Waals surface area contributed by atoms with Gasteiger partial charge in [0.05, 0.1) is 10.6 Å². The Labute approximate surface area is 124 Å². The van der Waals surface area contributed by atoms with Gasteiger partial charge in [0.1, 0.15) is 5.82 Å². The van der Waals surface area contributed by atoms with E-state index in [-0.39, 0.29) is 5.91 Å². The largest absolute Gasteiger partial charge is 0.372 e. The lowest BCUT2D eigenvalue weighted by molar-refractivity contribution is 0.0947. The first-order chi connectivity index (χ1) is 9.65. The zero-order chi connectivity index (χ0) is 14.5. The molecule has 1 heterocycles. The molecule has 0 spiro atoms. The van der Waals surface area contributed by atoms with E-state index in [0.717, 1.165) is 19.1 Å². The van der Waals surface area contributed by atoms with E-state index in [4.69, 9.17) is 11.6 Å². The SMILES string of the molecule is CCN(CCNC(=O)c1cnc(NC)c(Cl)c1)C1CC1. The van der Waals surface area contributed by atoms with E-state index in [0.29, 0.717) is 22.9 Å². The molecule has 0 radical (unpaired) electrons. The molecule has 1 amide bonds. The fourth-order valence-corrected chi connectivity index (χ4v) is 2.46. The second-order valence-corrected chi connectivity index (χ2v) is 5.33.